The van der Waals surface area contributed by atoms with Crippen LogP contribution in [0.5, 0.6) is 0 Å². The van der Waals surface area contributed by atoms with Crippen molar-refractivity contribution in [2.24, 2.45) is 5.84 Å². The number of fused-ring (bicyclic) bond motifs is 1. The Labute approximate surface area is 119 Å². The molecule has 1 aliphatic rings. The topological polar surface area (TPSA) is 75.4 Å². The van der Waals surface area contributed by atoms with Gasteiger partial charge in [0.15, 0.2) is 0 Å². The van der Waals surface area contributed by atoms with Crippen LogP contribution in [0.4, 0.5) is 0 Å². The van der Waals surface area contributed by atoms with E-state index in [0.717, 1.165) is 43.4 Å². The Bertz CT molecular complexity index is 488. The van der Waals surface area contributed by atoms with E-state index in [1.807, 2.05) is 29.2 Å². The highest BCUT2D eigenvalue weighted by Gasteiger charge is 2.21. The monoisotopic (exact) mass is 275 g/mol. The number of nitrogens with zero attached hydrogens (tertiary/aromatic N) is 1. The Hall–Kier alpha value is -1.88. The number of carbonyl (C=O) groups is 2. The summed E-state index contributed by atoms with van der Waals surface area (Å²) in [6.07, 6.45) is 3.92. The summed E-state index contributed by atoms with van der Waals surface area (Å²) in [6.45, 7) is 1.49. The molecular weight excluding hydrogens is 254 g/mol. The third-order valence-corrected chi connectivity index (χ3v) is 3.65. The molecule has 1 aromatic rings. The third kappa shape index (κ3) is 3.57. The predicted octanol–water partition coefficient (Wildman–Crippen LogP) is 1.24. The lowest BCUT2D eigenvalue weighted by atomic mass is 10.0. The molecule has 108 valence electrons. The van der Waals surface area contributed by atoms with Gasteiger partial charge in [-0.25, -0.2) is 5.84 Å². The van der Waals surface area contributed by atoms with Gasteiger partial charge in [-0.3, -0.25) is 15.0 Å². The van der Waals surface area contributed by atoms with Crippen LogP contribution in [-0.4, -0.2) is 29.8 Å². The van der Waals surface area contributed by atoms with Crippen LogP contribution in [0.3, 0.4) is 0 Å². The Balaban J connectivity index is 1.90. The summed E-state index contributed by atoms with van der Waals surface area (Å²) in [6, 6.07) is 7.82. The van der Waals surface area contributed by atoms with Crippen molar-refractivity contribution >= 4 is 11.8 Å². The molecule has 0 aromatic heterocycles. The zero-order chi connectivity index (χ0) is 14.4. The molecule has 3 N–H and O–H groups in total. The van der Waals surface area contributed by atoms with Gasteiger partial charge in [0.2, 0.25) is 5.91 Å². The lowest BCUT2D eigenvalue weighted by Gasteiger charge is -2.20. The van der Waals surface area contributed by atoms with E-state index in [1.54, 1.807) is 0 Å². The van der Waals surface area contributed by atoms with Gasteiger partial charge >= 0.3 is 0 Å². The van der Waals surface area contributed by atoms with Crippen molar-refractivity contribution in [2.45, 2.75) is 32.1 Å². The average Bonchev–Trinajstić information content (AvgIpc) is 2.63. The molecule has 1 heterocycles. The van der Waals surface area contributed by atoms with Crippen LogP contribution in [0.25, 0.3) is 0 Å². The Kier molecular flexibility index (Phi) is 5.12. The predicted molar refractivity (Wildman–Crippen MR) is 76.8 cm³/mol. The number of rotatable bonds is 5. The van der Waals surface area contributed by atoms with E-state index in [4.69, 9.17) is 5.84 Å². The molecule has 0 fully saturated rings. The smallest absolute Gasteiger partial charge is 0.254 e. The minimum atomic E-state index is -0.155. The summed E-state index contributed by atoms with van der Waals surface area (Å²) in [7, 11) is 0. The number of hydrogen-bond acceptors (Lipinski definition) is 3. The van der Waals surface area contributed by atoms with Crippen LogP contribution in [0.15, 0.2) is 24.3 Å². The Morgan fingerprint density at radius 3 is 2.90 bits per heavy atom. The number of unbranched alkanes of at least 4 members (excludes halogenated alkanes) is 1. The van der Waals surface area contributed by atoms with E-state index < -0.39 is 0 Å². The molecule has 0 aliphatic carbocycles. The van der Waals surface area contributed by atoms with Gasteiger partial charge in [-0.05, 0) is 37.3 Å². The normalized spacial score (nSPS) is 14.7. The summed E-state index contributed by atoms with van der Waals surface area (Å²) in [5.74, 6) is 4.99. The van der Waals surface area contributed by atoms with Crippen molar-refractivity contribution < 1.29 is 9.59 Å². The Morgan fingerprint density at radius 1 is 1.30 bits per heavy atom. The number of nitrogens with one attached hydrogen (secondary N) is 1. The highest BCUT2D eigenvalue weighted by Crippen LogP contribution is 2.18. The lowest BCUT2D eigenvalue weighted by molar-refractivity contribution is -0.121. The van der Waals surface area contributed by atoms with Gasteiger partial charge in [0, 0.05) is 25.1 Å². The molecule has 0 atom stereocenters. The molecule has 0 spiro atoms. The van der Waals surface area contributed by atoms with E-state index in [9.17, 15) is 9.59 Å². The zero-order valence-electron chi connectivity index (χ0n) is 11.6. The van der Waals surface area contributed by atoms with E-state index >= 15 is 0 Å². The quantitative estimate of drug-likeness (QED) is 0.367. The standard InChI is InChI=1S/C15H21N3O2/c16-17-14(19)9-3-4-10-18-11-5-7-12-6-1-2-8-13(12)15(18)20/h1-2,6,8H,3-5,7,9-11,16H2,(H,17,19). The van der Waals surface area contributed by atoms with Crippen molar-refractivity contribution in [2.75, 3.05) is 13.1 Å². The van der Waals surface area contributed by atoms with Crippen LogP contribution >= 0.6 is 0 Å². The molecule has 5 heteroatoms. The number of hydrazine groups is 1. The first kappa shape index (κ1) is 14.5. The van der Waals surface area contributed by atoms with Gasteiger partial charge in [0.05, 0.1) is 0 Å². The van der Waals surface area contributed by atoms with Crippen molar-refractivity contribution in [3.05, 3.63) is 35.4 Å². The molecule has 2 amide bonds. The number of nitrogens with two attached hydrogens (primary N) is 1. The van der Waals surface area contributed by atoms with E-state index in [2.05, 4.69) is 5.43 Å². The fourth-order valence-corrected chi connectivity index (χ4v) is 2.55. The van der Waals surface area contributed by atoms with Gasteiger partial charge in [-0.2, -0.15) is 0 Å². The fraction of sp³-hybridized carbons (Fsp3) is 0.467. The molecule has 0 bridgehead atoms. The highest BCUT2D eigenvalue weighted by atomic mass is 16.2. The second-order valence-electron chi connectivity index (χ2n) is 5.08. The summed E-state index contributed by atoms with van der Waals surface area (Å²) in [4.78, 5) is 25.4. The van der Waals surface area contributed by atoms with Crippen LogP contribution in [0.2, 0.25) is 0 Å². The van der Waals surface area contributed by atoms with Gasteiger partial charge in [0.1, 0.15) is 0 Å². The van der Waals surface area contributed by atoms with E-state index in [1.165, 1.54) is 0 Å². The molecule has 0 unspecified atom stereocenters. The first-order chi connectivity index (χ1) is 9.72. The van der Waals surface area contributed by atoms with Crippen LogP contribution < -0.4 is 11.3 Å². The minimum Gasteiger partial charge on any atom is -0.339 e. The van der Waals surface area contributed by atoms with Crippen molar-refractivity contribution in [3.8, 4) is 0 Å². The summed E-state index contributed by atoms with van der Waals surface area (Å²) in [5.41, 5.74) is 4.08. The highest BCUT2D eigenvalue weighted by molar-refractivity contribution is 5.96. The molecule has 1 aliphatic heterocycles. The van der Waals surface area contributed by atoms with Crippen molar-refractivity contribution in [1.29, 1.82) is 0 Å². The largest absolute Gasteiger partial charge is 0.339 e. The second kappa shape index (κ2) is 7.05. The van der Waals surface area contributed by atoms with Crippen molar-refractivity contribution in [1.82, 2.24) is 10.3 Å². The van der Waals surface area contributed by atoms with E-state index in [-0.39, 0.29) is 11.8 Å². The molecule has 0 saturated heterocycles. The summed E-state index contributed by atoms with van der Waals surface area (Å²) in [5, 5.41) is 0. The molecule has 0 saturated carbocycles. The van der Waals surface area contributed by atoms with Crippen LogP contribution in [0, 0.1) is 0 Å². The molecule has 2 rings (SSSR count). The number of hydrogen-bond donors (Lipinski definition) is 2. The molecule has 5 nitrogen and oxygen atoms in total. The number of carbonyl (C=O) groups excluding carboxylic acids is 2. The molecule has 1 aromatic carbocycles. The summed E-state index contributed by atoms with van der Waals surface area (Å²) < 4.78 is 0. The Morgan fingerprint density at radius 2 is 2.10 bits per heavy atom. The zero-order valence-corrected chi connectivity index (χ0v) is 11.6. The average molecular weight is 275 g/mol. The maximum absolute atomic E-state index is 12.4. The second-order valence-corrected chi connectivity index (χ2v) is 5.08. The van der Waals surface area contributed by atoms with Gasteiger partial charge in [-0.1, -0.05) is 18.2 Å². The summed E-state index contributed by atoms with van der Waals surface area (Å²) >= 11 is 0. The van der Waals surface area contributed by atoms with Gasteiger partial charge in [0.25, 0.3) is 5.91 Å². The van der Waals surface area contributed by atoms with Crippen molar-refractivity contribution in [3.63, 3.8) is 0 Å². The first-order valence-corrected chi connectivity index (χ1v) is 7.09. The van der Waals surface area contributed by atoms with Gasteiger partial charge in [-0.15, -0.1) is 0 Å². The minimum absolute atomic E-state index is 0.112. The maximum Gasteiger partial charge on any atom is 0.254 e. The number of benzene rings is 1. The van der Waals surface area contributed by atoms with E-state index in [0.29, 0.717) is 13.0 Å². The lowest BCUT2D eigenvalue weighted by Crippen LogP contribution is -2.32. The number of amides is 2. The number of aryl methyl sites for hydroxylation is 1. The first-order valence-electron chi connectivity index (χ1n) is 7.09. The van der Waals surface area contributed by atoms with Crippen LogP contribution in [-0.2, 0) is 11.2 Å². The molecule has 0 radical (unpaired) electrons. The molecular formula is C15H21N3O2. The molecule has 20 heavy (non-hydrogen) atoms. The SMILES string of the molecule is NNC(=O)CCCCN1CCCc2ccccc2C1=O. The van der Waals surface area contributed by atoms with Gasteiger partial charge < -0.3 is 4.90 Å². The third-order valence-electron chi connectivity index (χ3n) is 3.65. The fourth-order valence-electron chi connectivity index (χ4n) is 2.55. The maximum atomic E-state index is 12.4. The van der Waals surface area contributed by atoms with Crippen LogP contribution in [0.1, 0.15) is 41.6 Å².